The van der Waals surface area contributed by atoms with E-state index in [1.165, 1.54) is 0 Å². The fourth-order valence-electron chi connectivity index (χ4n) is 3.01. The van der Waals surface area contributed by atoms with Crippen LogP contribution in [0.1, 0.15) is 48.2 Å². The predicted molar refractivity (Wildman–Crippen MR) is 81.0 cm³/mol. The highest BCUT2D eigenvalue weighted by Crippen LogP contribution is 2.24. The molecule has 0 saturated carbocycles. The molecule has 1 aliphatic heterocycles. The Bertz CT molecular complexity index is 472. The van der Waals surface area contributed by atoms with Crippen molar-refractivity contribution in [1.82, 2.24) is 14.7 Å². The number of aliphatic hydroxyl groups is 1. The maximum atomic E-state index is 12.7. The van der Waals surface area contributed by atoms with E-state index in [4.69, 9.17) is 10.8 Å². The van der Waals surface area contributed by atoms with E-state index in [9.17, 15) is 4.79 Å². The quantitative estimate of drug-likeness (QED) is 0.783. The Morgan fingerprint density at radius 1 is 1.52 bits per heavy atom. The van der Waals surface area contributed by atoms with E-state index in [1.54, 1.807) is 6.20 Å². The van der Waals surface area contributed by atoms with E-state index in [0.717, 1.165) is 50.9 Å². The standard InChI is InChI=1S/C15H26N4O2/c1-12-14(11-17-19(12)9-4-7-16)15(21)18-8-2-5-13(18)6-3-10-20/h11,13,20H,2-10,16H2,1H3. The Morgan fingerprint density at radius 2 is 2.33 bits per heavy atom. The molecule has 1 saturated heterocycles. The van der Waals surface area contributed by atoms with Crippen molar-refractivity contribution in [3.05, 3.63) is 17.5 Å². The molecular weight excluding hydrogens is 268 g/mol. The number of hydrogen-bond acceptors (Lipinski definition) is 4. The smallest absolute Gasteiger partial charge is 0.257 e. The van der Waals surface area contributed by atoms with E-state index in [2.05, 4.69) is 5.10 Å². The van der Waals surface area contributed by atoms with Gasteiger partial charge in [0.25, 0.3) is 5.91 Å². The van der Waals surface area contributed by atoms with Crippen molar-refractivity contribution in [2.45, 2.75) is 51.6 Å². The molecule has 0 aromatic carbocycles. The number of nitrogens with zero attached hydrogens (tertiary/aromatic N) is 3. The summed E-state index contributed by atoms with van der Waals surface area (Å²) < 4.78 is 1.86. The molecule has 6 heteroatoms. The number of carbonyl (C=O) groups is 1. The molecule has 3 N–H and O–H groups in total. The van der Waals surface area contributed by atoms with Gasteiger partial charge < -0.3 is 15.7 Å². The molecule has 2 heterocycles. The summed E-state index contributed by atoms with van der Waals surface area (Å²) >= 11 is 0. The summed E-state index contributed by atoms with van der Waals surface area (Å²) in [6.07, 6.45) is 6.24. The average Bonchev–Trinajstić information content (AvgIpc) is 3.09. The molecule has 1 fully saturated rings. The van der Waals surface area contributed by atoms with Crippen molar-refractivity contribution in [2.75, 3.05) is 19.7 Å². The van der Waals surface area contributed by atoms with Crippen LogP contribution < -0.4 is 5.73 Å². The second-order valence-electron chi connectivity index (χ2n) is 5.67. The maximum absolute atomic E-state index is 12.7. The number of nitrogens with two attached hydrogens (primary N) is 1. The fourth-order valence-corrected chi connectivity index (χ4v) is 3.01. The first kappa shape index (κ1) is 16.0. The third kappa shape index (κ3) is 3.63. The molecule has 1 unspecified atom stereocenters. The molecule has 2 rings (SSSR count). The molecule has 0 spiro atoms. The summed E-state index contributed by atoms with van der Waals surface area (Å²) in [5.41, 5.74) is 7.14. The normalized spacial score (nSPS) is 18.4. The first-order chi connectivity index (χ1) is 10.2. The van der Waals surface area contributed by atoms with E-state index in [0.29, 0.717) is 12.1 Å². The number of aliphatic hydroxyl groups excluding tert-OH is 1. The zero-order valence-electron chi connectivity index (χ0n) is 12.8. The molecular formula is C15H26N4O2. The Balaban J connectivity index is 2.06. The van der Waals surface area contributed by atoms with Crippen LogP contribution in [0, 0.1) is 6.92 Å². The topological polar surface area (TPSA) is 84.4 Å². The van der Waals surface area contributed by atoms with Gasteiger partial charge >= 0.3 is 0 Å². The molecule has 6 nitrogen and oxygen atoms in total. The minimum absolute atomic E-state index is 0.0759. The van der Waals surface area contributed by atoms with Crippen LogP contribution in [0.5, 0.6) is 0 Å². The number of rotatable bonds is 7. The van der Waals surface area contributed by atoms with E-state index in [1.807, 2.05) is 16.5 Å². The zero-order chi connectivity index (χ0) is 15.2. The van der Waals surface area contributed by atoms with Gasteiger partial charge in [0.05, 0.1) is 11.8 Å². The molecule has 1 aromatic heterocycles. The highest BCUT2D eigenvalue weighted by atomic mass is 16.3. The number of amides is 1. The van der Waals surface area contributed by atoms with Gasteiger partial charge in [0.15, 0.2) is 0 Å². The summed E-state index contributed by atoms with van der Waals surface area (Å²) in [4.78, 5) is 14.7. The largest absolute Gasteiger partial charge is 0.396 e. The predicted octanol–water partition coefficient (Wildman–Crippen LogP) is 0.917. The van der Waals surface area contributed by atoms with Gasteiger partial charge in [-0.05, 0) is 45.6 Å². The average molecular weight is 294 g/mol. The molecule has 1 aromatic rings. The summed E-state index contributed by atoms with van der Waals surface area (Å²) in [6, 6.07) is 0.261. The number of hydrogen-bond donors (Lipinski definition) is 2. The number of carbonyl (C=O) groups excluding carboxylic acids is 1. The van der Waals surface area contributed by atoms with Crippen molar-refractivity contribution in [3.63, 3.8) is 0 Å². The second-order valence-corrected chi connectivity index (χ2v) is 5.67. The van der Waals surface area contributed by atoms with Crippen LogP contribution in [0.25, 0.3) is 0 Å². The highest BCUT2D eigenvalue weighted by molar-refractivity contribution is 5.95. The minimum atomic E-state index is 0.0759. The van der Waals surface area contributed by atoms with Crippen LogP contribution in [-0.2, 0) is 6.54 Å². The molecule has 0 aliphatic carbocycles. The van der Waals surface area contributed by atoms with Gasteiger partial charge in [-0.25, -0.2) is 0 Å². The van der Waals surface area contributed by atoms with Crippen LogP contribution in [0.2, 0.25) is 0 Å². The molecule has 0 bridgehead atoms. The van der Waals surface area contributed by atoms with Gasteiger partial charge in [-0.3, -0.25) is 9.48 Å². The molecule has 118 valence electrons. The Labute approximate surface area is 125 Å². The van der Waals surface area contributed by atoms with Crippen molar-refractivity contribution in [3.8, 4) is 0 Å². The highest BCUT2D eigenvalue weighted by Gasteiger charge is 2.30. The van der Waals surface area contributed by atoms with Crippen molar-refractivity contribution < 1.29 is 9.90 Å². The fraction of sp³-hybridized carbons (Fsp3) is 0.733. The van der Waals surface area contributed by atoms with Crippen LogP contribution >= 0.6 is 0 Å². The lowest BCUT2D eigenvalue weighted by atomic mass is 10.1. The van der Waals surface area contributed by atoms with Crippen molar-refractivity contribution in [2.24, 2.45) is 5.73 Å². The monoisotopic (exact) mass is 294 g/mol. The lowest BCUT2D eigenvalue weighted by molar-refractivity contribution is 0.0723. The lowest BCUT2D eigenvalue weighted by Crippen LogP contribution is -2.35. The first-order valence-electron chi connectivity index (χ1n) is 7.83. The van der Waals surface area contributed by atoms with Gasteiger partial charge in [0.1, 0.15) is 0 Å². The van der Waals surface area contributed by atoms with E-state index < -0.39 is 0 Å². The van der Waals surface area contributed by atoms with Gasteiger partial charge in [-0.2, -0.15) is 5.10 Å². The van der Waals surface area contributed by atoms with Crippen molar-refractivity contribution >= 4 is 5.91 Å². The third-order valence-corrected chi connectivity index (χ3v) is 4.24. The lowest BCUT2D eigenvalue weighted by Gasteiger charge is -2.24. The van der Waals surface area contributed by atoms with Crippen molar-refractivity contribution in [1.29, 1.82) is 0 Å². The summed E-state index contributed by atoms with van der Waals surface area (Å²) in [5.74, 6) is 0.0759. The van der Waals surface area contributed by atoms with Gasteiger partial charge in [0, 0.05) is 31.4 Å². The van der Waals surface area contributed by atoms with Gasteiger partial charge in [-0.15, -0.1) is 0 Å². The molecule has 1 atom stereocenters. The Morgan fingerprint density at radius 3 is 3.05 bits per heavy atom. The first-order valence-corrected chi connectivity index (χ1v) is 7.83. The Kier molecular flexibility index (Phi) is 5.76. The van der Waals surface area contributed by atoms with E-state index >= 15 is 0 Å². The Hall–Kier alpha value is -1.40. The maximum Gasteiger partial charge on any atom is 0.257 e. The third-order valence-electron chi connectivity index (χ3n) is 4.24. The summed E-state index contributed by atoms with van der Waals surface area (Å²) in [6.45, 7) is 4.31. The second kappa shape index (κ2) is 7.56. The van der Waals surface area contributed by atoms with Crippen LogP contribution in [0.4, 0.5) is 0 Å². The van der Waals surface area contributed by atoms with E-state index in [-0.39, 0.29) is 18.6 Å². The van der Waals surface area contributed by atoms with Crippen LogP contribution in [-0.4, -0.2) is 51.4 Å². The van der Waals surface area contributed by atoms with Gasteiger partial charge in [-0.1, -0.05) is 0 Å². The molecule has 1 aliphatic rings. The van der Waals surface area contributed by atoms with Gasteiger partial charge in [0.2, 0.25) is 0 Å². The minimum Gasteiger partial charge on any atom is -0.396 e. The number of aromatic nitrogens is 2. The number of likely N-dealkylation sites (tertiary alicyclic amines) is 1. The zero-order valence-corrected chi connectivity index (χ0v) is 12.8. The molecule has 1 amide bonds. The summed E-state index contributed by atoms with van der Waals surface area (Å²) in [5, 5.41) is 13.3. The molecule has 21 heavy (non-hydrogen) atoms. The summed E-state index contributed by atoms with van der Waals surface area (Å²) in [7, 11) is 0. The number of aryl methyl sites for hydroxylation is 1. The molecule has 0 radical (unpaired) electrons. The van der Waals surface area contributed by atoms with Crippen LogP contribution in [0.3, 0.4) is 0 Å². The van der Waals surface area contributed by atoms with Crippen LogP contribution in [0.15, 0.2) is 6.20 Å². The SMILES string of the molecule is Cc1c(C(=O)N2CCCC2CCCO)cnn1CCCN.